The van der Waals surface area contributed by atoms with E-state index in [0.717, 1.165) is 0 Å². The van der Waals surface area contributed by atoms with Crippen LogP contribution >= 0.6 is 0 Å². The second-order valence-corrected chi connectivity index (χ2v) is 9.31. The third kappa shape index (κ3) is 5.09. The fraction of sp³-hybridized carbons (Fsp3) is 0.684. The van der Waals surface area contributed by atoms with Crippen LogP contribution in [0, 0.1) is 0 Å². The topological polar surface area (TPSA) is 113 Å². The molecule has 3 rings (SSSR count). The number of esters is 1. The molecule has 0 bridgehead atoms. The van der Waals surface area contributed by atoms with Crippen molar-refractivity contribution >= 4 is 21.8 Å². The van der Waals surface area contributed by atoms with Crippen molar-refractivity contribution in [1.29, 1.82) is 0 Å². The quantitative estimate of drug-likeness (QED) is 0.573. The van der Waals surface area contributed by atoms with Gasteiger partial charge < -0.3 is 19.5 Å². The number of hydrogen-bond acceptors (Lipinski definition) is 9. The van der Waals surface area contributed by atoms with Crippen LogP contribution in [0.5, 0.6) is 0 Å². The highest BCUT2D eigenvalue weighted by Gasteiger charge is 2.33. The third-order valence-electron chi connectivity index (χ3n) is 5.45. The Morgan fingerprint density at radius 2 is 1.90 bits per heavy atom. The Labute approximate surface area is 177 Å². The number of morpholine rings is 1. The van der Waals surface area contributed by atoms with Crippen molar-refractivity contribution < 1.29 is 27.8 Å². The van der Waals surface area contributed by atoms with Gasteiger partial charge in [-0.05, 0) is 12.5 Å². The zero-order chi connectivity index (χ0) is 21.7. The normalized spacial score (nSPS) is 20.2. The van der Waals surface area contributed by atoms with E-state index in [4.69, 9.17) is 9.47 Å². The van der Waals surface area contributed by atoms with Crippen LogP contribution in [-0.2, 0) is 19.5 Å². The number of β-amino-alcohol motifs (C(OH)–C–C–N with tert-alkyl or cyclic N) is 1. The van der Waals surface area contributed by atoms with Crippen LogP contribution in [0.15, 0.2) is 17.2 Å². The maximum absolute atomic E-state index is 13.4. The van der Waals surface area contributed by atoms with Crippen LogP contribution in [0.2, 0.25) is 0 Å². The van der Waals surface area contributed by atoms with Crippen LogP contribution in [0.3, 0.4) is 0 Å². The number of anilines is 1. The summed E-state index contributed by atoms with van der Waals surface area (Å²) >= 11 is 0. The number of hydrogen-bond donors (Lipinski definition) is 1. The molecule has 1 atom stereocenters. The van der Waals surface area contributed by atoms with Gasteiger partial charge in [0.1, 0.15) is 10.7 Å². The number of aromatic nitrogens is 1. The van der Waals surface area contributed by atoms with Gasteiger partial charge in [-0.1, -0.05) is 6.92 Å². The molecule has 0 unspecified atom stereocenters. The zero-order valence-corrected chi connectivity index (χ0v) is 18.3. The molecule has 0 radical (unpaired) electrons. The maximum atomic E-state index is 13.4. The number of aliphatic hydroxyl groups is 1. The van der Waals surface area contributed by atoms with Gasteiger partial charge in [-0.3, -0.25) is 4.90 Å². The number of rotatable bonds is 7. The summed E-state index contributed by atoms with van der Waals surface area (Å²) in [5, 5.41) is 9.89. The lowest BCUT2D eigenvalue weighted by atomic mass is 10.2. The lowest BCUT2D eigenvalue weighted by Gasteiger charge is -2.37. The number of carbonyl (C=O) groups excluding carboxylic acids is 1. The van der Waals surface area contributed by atoms with Gasteiger partial charge in [0.25, 0.3) is 0 Å². The summed E-state index contributed by atoms with van der Waals surface area (Å²) in [6.45, 7) is 6.24. The van der Waals surface area contributed by atoms with Crippen LogP contribution < -0.4 is 4.90 Å². The minimum Gasteiger partial charge on any atom is -0.465 e. The molecule has 2 saturated heterocycles. The van der Waals surface area contributed by atoms with E-state index in [1.165, 1.54) is 23.7 Å². The van der Waals surface area contributed by atoms with Gasteiger partial charge in [-0.15, -0.1) is 0 Å². The van der Waals surface area contributed by atoms with E-state index in [0.29, 0.717) is 58.2 Å². The van der Waals surface area contributed by atoms with Crippen molar-refractivity contribution in [2.24, 2.45) is 0 Å². The Balaban J connectivity index is 1.88. The number of piperazine rings is 1. The maximum Gasteiger partial charge on any atom is 0.339 e. The molecule has 2 aliphatic heterocycles. The SMILES string of the molecule is CC[C@H](O)CN1CCN(c2ncc(C(=O)OC)cc2S(=O)(=O)N2CCOCC2)CC1. The minimum absolute atomic E-state index is 0.00865. The number of pyridine rings is 1. The molecule has 30 heavy (non-hydrogen) atoms. The highest BCUT2D eigenvalue weighted by Crippen LogP contribution is 2.28. The van der Waals surface area contributed by atoms with Crippen LogP contribution in [-0.4, -0.2) is 106 Å². The number of nitrogens with zero attached hydrogens (tertiary/aromatic N) is 4. The molecule has 1 N–H and O–H groups in total. The number of methoxy groups -OCH3 is 1. The summed E-state index contributed by atoms with van der Waals surface area (Å²) in [5.74, 6) is -0.296. The number of aliphatic hydroxyl groups excluding tert-OH is 1. The first kappa shape index (κ1) is 22.9. The average Bonchev–Trinajstić information content (AvgIpc) is 2.79. The van der Waals surface area contributed by atoms with Gasteiger partial charge in [0.2, 0.25) is 10.0 Å². The molecule has 0 aliphatic carbocycles. The van der Waals surface area contributed by atoms with E-state index in [2.05, 4.69) is 9.88 Å². The fourth-order valence-electron chi connectivity index (χ4n) is 3.59. The van der Waals surface area contributed by atoms with Gasteiger partial charge in [0, 0.05) is 52.0 Å². The minimum atomic E-state index is -3.85. The summed E-state index contributed by atoms with van der Waals surface area (Å²) in [5.41, 5.74) is 0.0952. The van der Waals surface area contributed by atoms with Gasteiger partial charge in [0.05, 0.1) is 32.0 Å². The molecule has 1 aromatic heterocycles. The second-order valence-electron chi connectivity index (χ2n) is 7.40. The molecular formula is C19H30N4O6S. The van der Waals surface area contributed by atoms with Crippen molar-refractivity contribution in [3.8, 4) is 0 Å². The summed E-state index contributed by atoms with van der Waals surface area (Å²) < 4.78 is 38.1. The van der Waals surface area contributed by atoms with Crippen molar-refractivity contribution in [2.75, 3.05) is 71.0 Å². The van der Waals surface area contributed by atoms with E-state index in [1.807, 2.05) is 11.8 Å². The predicted octanol–water partition coefficient (Wildman–Crippen LogP) is -0.218. The lowest BCUT2D eigenvalue weighted by molar-refractivity contribution is 0.0599. The first-order valence-corrected chi connectivity index (χ1v) is 11.6. The molecule has 0 aromatic carbocycles. The molecule has 3 heterocycles. The largest absolute Gasteiger partial charge is 0.465 e. The Morgan fingerprint density at radius 1 is 1.23 bits per heavy atom. The molecular weight excluding hydrogens is 412 g/mol. The Bertz CT molecular complexity index is 835. The van der Waals surface area contributed by atoms with E-state index >= 15 is 0 Å². The van der Waals surface area contributed by atoms with Crippen molar-refractivity contribution in [1.82, 2.24) is 14.2 Å². The predicted molar refractivity (Wildman–Crippen MR) is 110 cm³/mol. The van der Waals surface area contributed by atoms with E-state index in [1.54, 1.807) is 0 Å². The molecule has 2 aliphatic rings. The molecule has 1 aromatic rings. The average molecular weight is 443 g/mol. The van der Waals surface area contributed by atoms with Crippen molar-refractivity contribution in [3.63, 3.8) is 0 Å². The molecule has 2 fully saturated rings. The monoisotopic (exact) mass is 442 g/mol. The van der Waals surface area contributed by atoms with Crippen LogP contribution in [0.25, 0.3) is 0 Å². The molecule has 0 spiro atoms. The Kier molecular flexibility index (Phi) is 7.64. The molecule has 168 valence electrons. The Hall–Kier alpha value is -1.79. The van der Waals surface area contributed by atoms with Crippen molar-refractivity contribution in [3.05, 3.63) is 17.8 Å². The van der Waals surface area contributed by atoms with E-state index in [-0.39, 0.29) is 29.7 Å². The molecule has 11 heteroatoms. The van der Waals surface area contributed by atoms with Gasteiger partial charge in [-0.25, -0.2) is 18.2 Å². The van der Waals surface area contributed by atoms with E-state index in [9.17, 15) is 18.3 Å². The first-order valence-electron chi connectivity index (χ1n) is 10.2. The second kappa shape index (κ2) is 10.0. The summed E-state index contributed by atoms with van der Waals surface area (Å²) in [7, 11) is -2.61. The zero-order valence-electron chi connectivity index (χ0n) is 17.5. The van der Waals surface area contributed by atoms with Gasteiger partial charge in [0.15, 0.2) is 0 Å². The lowest BCUT2D eigenvalue weighted by Crippen LogP contribution is -2.49. The summed E-state index contributed by atoms with van der Waals surface area (Å²) in [6, 6.07) is 1.35. The number of carbonyl (C=O) groups is 1. The standard InChI is InChI=1S/C19H30N4O6S/c1-3-16(24)14-21-4-6-22(7-5-21)18-17(12-15(13-20-18)19(25)28-2)30(26,27)23-8-10-29-11-9-23/h12-13,16,24H,3-11,14H2,1-2H3/t16-/m0/s1. The summed E-state index contributed by atoms with van der Waals surface area (Å²) in [4.78, 5) is 20.4. The molecule has 10 nitrogen and oxygen atoms in total. The molecule has 0 amide bonds. The smallest absolute Gasteiger partial charge is 0.339 e. The first-order chi connectivity index (χ1) is 14.4. The van der Waals surface area contributed by atoms with Crippen molar-refractivity contribution in [2.45, 2.75) is 24.3 Å². The summed E-state index contributed by atoms with van der Waals surface area (Å²) in [6.07, 6.45) is 1.68. The fourth-order valence-corrected chi connectivity index (χ4v) is 5.19. The van der Waals surface area contributed by atoms with E-state index < -0.39 is 16.0 Å². The van der Waals surface area contributed by atoms with Gasteiger partial charge >= 0.3 is 5.97 Å². The van der Waals surface area contributed by atoms with Crippen LogP contribution in [0.1, 0.15) is 23.7 Å². The van der Waals surface area contributed by atoms with Gasteiger partial charge in [-0.2, -0.15) is 4.31 Å². The number of sulfonamides is 1. The van der Waals surface area contributed by atoms with Crippen LogP contribution in [0.4, 0.5) is 5.82 Å². The highest BCUT2D eigenvalue weighted by atomic mass is 32.2. The Morgan fingerprint density at radius 3 is 2.50 bits per heavy atom. The third-order valence-corrected chi connectivity index (χ3v) is 7.36. The highest BCUT2D eigenvalue weighted by molar-refractivity contribution is 7.89. The number of ether oxygens (including phenoxy) is 2. The molecule has 0 saturated carbocycles.